The molecule has 1 aliphatic heterocycles. The Morgan fingerprint density at radius 3 is 2.24 bits per heavy atom. The first-order valence-electron chi connectivity index (χ1n) is 5.11. The van der Waals surface area contributed by atoms with Crippen LogP contribution in [-0.4, -0.2) is 61.5 Å². The molecular weight excluding hydrogens is 259 g/mol. The van der Waals surface area contributed by atoms with Crippen LogP contribution in [0.3, 0.4) is 0 Å². The standard InChI is InChI=1S/C5H12N2.C4H4N.CH5NO2.V/c1-7-4-2-6-3-5-7;1-3-4-5-2;1-2-4-3;/h6H,2-5H2,1H3;1-4H;2-3H,1H3;/q;-1;;. The molecule has 0 aromatic rings. The van der Waals surface area contributed by atoms with Gasteiger partial charge >= 0.3 is 45.7 Å². The van der Waals surface area contributed by atoms with E-state index in [1.165, 1.54) is 32.4 Å². The van der Waals surface area contributed by atoms with Crippen molar-refractivity contribution < 1.29 is 27.2 Å². The van der Waals surface area contributed by atoms with Gasteiger partial charge in [0.25, 0.3) is 0 Å². The molecule has 0 aromatic heterocycles. The summed E-state index contributed by atoms with van der Waals surface area (Å²) < 4.78 is 0. The molecule has 0 aliphatic carbocycles. The van der Waals surface area contributed by atoms with E-state index in [1.54, 1.807) is 4.85 Å². The summed E-state index contributed by atoms with van der Waals surface area (Å²) in [6.45, 7) is 9.66. The van der Waals surface area contributed by atoms with Crippen LogP contribution in [0.1, 0.15) is 0 Å². The van der Waals surface area contributed by atoms with Crippen molar-refractivity contribution >= 4 is 11.1 Å². The number of rotatable bonds is 3. The van der Waals surface area contributed by atoms with E-state index < -0.39 is 0 Å². The van der Waals surface area contributed by atoms with Crippen LogP contribution >= 0.6 is 0 Å². The number of nitrogens with zero attached hydrogens (tertiary/aromatic N) is 2. The van der Waals surface area contributed by atoms with Crippen LogP contribution in [0.2, 0.25) is 0 Å². The Hall–Kier alpha value is -0.336. The summed E-state index contributed by atoms with van der Waals surface area (Å²) in [5.74, 6) is 0. The quantitative estimate of drug-likeness (QED) is 0.281. The molecule has 1 rings (SSSR count). The van der Waals surface area contributed by atoms with Crippen molar-refractivity contribution in [2.45, 2.75) is 0 Å². The van der Waals surface area contributed by atoms with Gasteiger partial charge < -0.3 is 10.2 Å². The maximum atomic E-state index is 7.26. The molecule has 1 aliphatic rings. The number of likely N-dealkylation sites (N-methyl/N-ethyl adjacent to an activating group) is 1. The molecule has 0 saturated carbocycles. The van der Waals surface area contributed by atoms with Crippen molar-refractivity contribution in [3.05, 3.63) is 12.7 Å². The Morgan fingerprint density at radius 2 is 2.06 bits per heavy atom. The number of hydrogen-bond acceptors (Lipinski definition) is 6. The van der Waals surface area contributed by atoms with Crippen molar-refractivity contribution in [3.8, 4) is 0 Å². The topological polar surface area (TPSA) is 69.1 Å². The molecule has 0 atom stereocenters. The van der Waals surface area contributed by atoms with Gasteiger partial charge in [0, 0.05) is 33.2 Å². The van der Waals surface area contributed by atoms with Crippen molar-refractivity contribution in [2.75, 3.05) is 40.3 Å². The van der Waals surface area contributed by atoms with Gasteiger partial charge in [0.2, 0.25) is 0 Å². The molecule has 1 saturated heterocycles. The normalized spacial score (nSPS) is 15.2. The summed E-state index contributed by atoms with van der Waals surface area (Å²) in [5, 5.41) is 10.5. The molecule has 1 heterocycles. The van der Waals surface area contributed by atoms with E-state index in [1.807, 2.05) is 5.48 Å². The first-order chi connectivity index (χ1) is 8.22. The van der Waals surface area contributed by atoms with E-state index in [9.17, 15) is 0 Å². The van der Waals surface area contributed by atoms with Crippen LogP contribution in [0.25, 0.3) is 0 Å². The SMILES string of the molecule is CN1CCNCC1.CNOO.[CH-]=CC=N[CH]=[V]. The number of aliphatic imine (C=N–C) groups is 1. The van der Waals surface area contributed by atoms with Crippen LogP contribution in [0.5, 0.6) is 0 Å². The van der Waals surface area contributed by atoms with E-state index in [2.05, 4.69) is 44.2 Å². The predicted octanol–water partition coefficient (Wildman–Crippen LogP) is -0.515. The zero-order valence-electron chi connectivity index (χ0n) is 10.3. The number of hydrogen-bond donors (Lipinski definition) is 3. The fraction of sp³-hybridized carbons (Fsp3) is 0.600. The summed E-state index contributed by atoms with van der Waals surface area (Å²) in [4.78, 5) is 10.9. The fourth-order valence-corrected chi connectivity index (χ4v) is 0.985. The van der Waals surface area contributed by atoms with E-state index in [0.717, 1.165) is 13.1 Å². The van der Waals surface area contributed by atoms with Crippen molar-refractivity contribution in [1.29, 1.82) is 0 Å². The van der Waals surface area contributed by atoms with Crippen LogP contribution < -0.4 is 10.8 Å². The van der Waals surface area contributed by atoms with Gasteiger partial charge in [-0.3, -0.25) is 0 Å². The molecule has 0 bridgehead atoms. The summed E-state index contributed by atoms with van der Waals surface area (Å²) in [6.07, 6.45) is 2.89. The van der Waals surface area contributed by atoms with E-state index in [-0.39, 0.29) is 0 Å². The zero-order valence-corrected chi connectivity index (χ0v) is 11.7. The molecule has 3 N–H and O–H groups in total. The third kappa shape index (κ3) is 21.5. The van der Waals surface area contributed by atoms with Crippen LogP contribution in [0.4, 0.5) is 0 Å². The summed E-state index contributed by atoms with van der Waals surface area (Å²) >= 11 is 2.21. The summed E-state index contributed by atoms with van der Waals surface area (Å²) in [7, 11) is 3.61. The van der Waals surface area contributed by atoms with Gasteiger partial charge in [0.15, 0.2) is 0 Å². The molecule has 0 spiro atoms. The Kier molecular flexibility index (Phi) is 20.2. The second kappa shape index (κ2) is 18.0. The second-order valence-corrected chi connectivity index (χ2v) is 3.32. The molecule has 0 radical (unpaired) electrons. The fourth-order valence-electron chi connectivity index (χ4n) is 0.865. The van der Waals surface area contributed by atoms with Gasteiger partial charge in [0.05, 0.1) is 0 Å². The number of hydroxylamine groups is 1. The Balaban J connectivity index is 0. The van der Waals surface area contributed by atoms with Gasteiger partial charge in [-0.1, -0.05) is 0 Å². The molecule has 0 aromatic carbocycles. The van der Waals surface area contributed by atoms with Gasteiger partial charge in [-0.2, -0.15) is 5.48 Å². The van der Waals surface area contributed by atoms with Gasteiger partial charge in [-0.05, 0) is 7.05 Å². The maximum absolute atomic E-state index is 7.26. The third-order valence-corrected chi connectivity index (χ3v) is 1.88. The molecule has 0 unspecified atom stereocenters. The molecule has 6 nitrogen and oxygen atoms in total. The molecule has 99 valence electrons. The summed E-state index contributed by atoms with van der Waals surface area (Å²) in [6, 6.07) is 0. The first kappa shape index (κ1) is 19.0. The Bertz CT molecular complexity index is 185. The molecule has 0 amide bonds. The van der Waals surface area contributed by atoms with Crippen molar-refractivity contribution in [3.63, 3.8) is 0 Å². The first-order valence-corrected chi connectivity index (χ1v) is 5.92. The zero-order chi connectivity index (χ0) is 13.4. The predicted molar refractivity (Wildman–Crippen MR) is 66.6 cm³/mol. The average Bonchev–Trinajstić information content (AvgIpc) is 2.38. The molecule has 7 heteroatoms. The summed E-state index contributed by atoms with van der Waals surface area (Å²) in [5.41, 5.74) is 1.99. The van der Waals surface area contributed by atoms with E-state index in [0.29, 0.717) is 0 Å². The Morgan fingerprint density at radius 1 is 1.53 bits per heavy atom. The van der Waals surface area contributed by atoms with Crippen molar-refractivity contribution in [1.82, 2.24) is 15.7 Å². The minimum absolute atomic E-state index is 1.16. The van der Waals surface area contributed by atoms with Gasteiger partial charge in [-0.25, -0.2) is 5.26 Å². The van der Waals surface area contributed by atoms with Crippen LogP contribution in [0, 0.1) is 6.58 Å². The van der Waals surface area contributed by atoms with Gasteiger partial charge in [0.1, 0.15) is 0 Å². The minimum atomic E-state index is 1.16. The van der Waals surface area contributed by atoms with Crippen LogP contribution in [-0.2, 0) is 22.0 Å². The van der Waals surface area contributed by atoms with Crippen molar-refractivity contribution in [2.24, 2.45) is 4.99 Å². The number of nitrogens with one attached hydrogen (secondary N) is 2. The Labute approximate surface area is 112 Å². The average molecular weight is 280 g/mol. The number of allylic oxidation sites excluding steroid dienone is 1. The van der Waals surface area contributed by atoms with E-state index >= 15 is 0 Å². The monoisotopic (exact) mass is 280 g/mol. The van der Waals surface area contributed by atoms with Crippen LogP contribution in [0.15, 0.2) is 11.1 Å². The second-order valence-electron chi connectivity index (χ2n) is 2.95. The van der Waals surface area contributed by atoms with E-state index in [4.69, 9.17) is 11.8 Å². The third-order valence-electron chi connectivity index (χ3n) is 1.67. The molecule has 1 fully saturated rings. The van der Waals surface area contributed by atoms with Gasteiger partial charge in [-0.15, -0.1) is 4.99 Å². The molecular formula is C10H21N4O2V-. The molecule has 17 heavy (non-hydrogen) atoms. The number of piperazine rings is 1.